The Kier molecular flexibility index (Phi) is 6.71. The molecular weight excluding hydrogens is 274 g/mol. The van der Waals surface area contributed by atoms with E-state index in [4.69, 9.17) is 0 Å². The average Bonchev–Trinajstić information content (AvgIpc) is 2.79. The van der Waals surface area contributed by atoms with Crippen molar-refractivity contribution in [2.45, 2.75) is 57.5 Å². The minimum absolute atomic E-state index is 0.00173. The summed E-state index contributed by atoms with van der Waals surface area (Å²) in [5.74, 6) is 0. The zero-order chi connectivity index (χ0) is 15.2. The van der Waals surface area contributed by atoms with E-state index in [9.17, 15) is 8.42 Å². The summed E-state index contributed by atoms with van der Waals surface area (Å²) in [6, 6.07) is 1.75. The Morgan fingerprint density at radius 1 is 1.25 bits per heavy atom. The molecule has 1 aromatic heterocycles. The Labute approximate surface area is 122 Å². The van der Waals surface area contributed by atoms with Crippen LogP contribution < -0.4 is 10.0 Å². The van der Waals surface area contributed by atoms with E-state index in [1.807, 2.05) is 25.5 Å². The Morgan fingerprint density at radius 2 is 1.90 bits per heavy atom. The second-order valence-corrected chi connectivity index (χ2v) is 6.80. The van der Waals surface area contributed by atoms with Crippen molar-refractivity contribution in [2.75, 3.05) is 6.54 Å². The summed E-state index contributed by atoms with van der Waals surface area (Å²) in [4.78, 5) is 0.347. The van der Waals surface area contributed by atoms with Gasteiger partial charge in [-0.2, -0.15) is 0 Å². The molecule has 0 bridgehead atoms. The molecule has 0 atom stereocenters. The van der Waals surface area contributed by atoms with E-state index in [0.717, 1.165) is 31.5 Å². The predicted octanol–water partition coefficient (Wildman–Crippen LogP) is 1.99. The lowest BCUT2D eigenvalue weighted by Gasteiger charge is -2.13. The molecule has 0 radical (unpaired) electrons. The van der Waals surface area contributed by atoms with Crippen molar-refractivity contribution in [2.24, 2.45) is 7.05 Å². The lowest BCUT2D eigenvalue weighted by atomic mass is 10.2. The lowest BCUT2D eigenvalue weighted by molar-refractivity contribution is 0.530. The highest BCUT2D eigenvalue weighted by Crippen LogP contribution is 2.15. The molecule has 1 rings (SSSR count). The van der Waals surface area contributed by atoms with Crippen LogP contribution in [0.25, 0.3) is 0 Å². The zero-order valence-electron chi connectivity index (χ0n) is 12.9. The standard InChI is InChI=1S/C14H27N3O2S/c1-5-8-15-10-13-9-14(11-17(13)4)20(18,19)16-12(6-2)7-3/h9,11-12,15-16H,5-8,10H2,1-4H3. The quantitative estimate of drug-likeness (QED) is 0.686. The largest absolute Gasteiger partial charge is 0.352 e. The van der Waals surface area contributed by atoms with Gasteiger partial charge in [0.25, 0.3) is 0 Å². The molecular formula is C14H27N3O2S. The van der Waals surface area contributed by atoms with Crippen molar-refractivity contribution in [1.82, 2.24) is 14.6 Å². The van der Waals surface area contributed by atoms with E-state index in [1.165, 1.54) is 0 Å². The van der Waals surface area contributed by atoms with E-state index >= 15 is 0 Å². The van der Waals surface area contributed by atoms with E-state index in [1.54, 1.807) is 12.3 Å². The molecule has 0 aromatic carbocycles. The van der Waals surface area contributed by atoms with Crippen molar-refractivity contribution in [3.05, 3.63) is 18.0 Å². The fraction of sp³-hybridized carbons (Fsp3) is 0.714. The van der Waals surface area contributed by atoms with Gasteiger partial charge in [0.05, 0.1) is 4.90 Å². The maximum Gasteiger partial charge on any atom is 0.242 e. The molecule has 2 N–H and O–H groups in total. The summed E-state index contributed by atoms with van der Waals surface area (Å²) < 4.78 is 29.2. The summed E-state index contributed by atoms with van der Waals surface area (Å²) in [5, 5.41) is 3.28. The van der Waals surface area contributed by atoms with Gasteiger partial charge in [0, 0.05) is 31.5 Å². The van der Waals surface area contributed by atoms with Crippen molar-refractivity contribution in [3.8, 4) is 0 Å². The van der Waals surface area contributed by atoms with Crippen LogP contribution in [0.4, 0.5) is 0 Å². The van der Waals surface area contributed by atoms with Gasteiger partial charge in [-0.05, 0) is 31.9 Å². The van der Waals surface area contributed by atoms with Gasteiger partial charge in [-0.15, -0.1) is 0 Å². The molecule has 0 saturated heterocycles. The summed E-state index contributed by atoms with van der Waals surface area (Å²) in [5.41, 5.74) is 0.975. The number of rotatable bonds is 9. The Hall–Kier alpha value is -0.850. The van der Waals surface area contributed by atoms with Crippen LogP contribution in [-0.2, 0) is 23.6 Å². The molecule has 0 aliphatic rings. The fourth-order valence-corrected chi connectivity index (χ4v) is 3.53. The highest BCUT2D eigenvalue weighted by Gasteiger charge is 2.20. The van der Waals surface area contributed by atoms with E-state index in [0.29, 0.717) is 11.4 Å². The van der Waals surface area contributed by atoms with Crippen LogP contribution in [0.15, 0.2) is 17.2 Å². The summed E-state index contributed by atoms with van der Waals surface area (Å²) in [7, 11) is -1.54. The number of nitrogens with one attached hydrogen (secondary N) is 2. The van der Waals surface area contributed by atoms with Gasteiger partial charge in [0.2, 0.25) is 10.0 Å². The molecule has 6 heteroatoms. The van der Waals surface area contributed by atoms with Crippen LogP contribution in [-0.4, -0.2) is 25.6 Å². The van der Waals surface area contributed by atoms with Crippen molar-refractivity contribution in [1.29, 1.82) is 0 Å². The molecule has 0 amide bonds. The second-order valence-electron chi connectivity index (χ2n) is 5.09. The number of aryl methyl sites for hydroxylation is 1. The van der Waals surface area contributed by atoms with Crippen LogP contribution in [0.1, 0.15) is 45.7 Å². The van der Waals surface area contributed by atoms with E-state index in [-0.39, 0.29) is 6.04 Å². The minimum atomic E-state index is -3.41. The molecule has 0 unspecified atom stereocenters. The fourth-order valence-electron chi connectivity index (χ4n) is 2.04. The van der Waals surface area contributed by atoms with E-state index in [2.05, 4.69) is 17.0 Å². The number of sulfonamides is 1. The topological polar surface area (TPSA) is 63.1 Å². The van der Waals surface area contributed by atoms with Crippen molar-refractivity contribution in [3.63, 3.8) is 0 Å². The van der Waals surface area contributed by atoms with Crippen LogP contribution in [0.5, 0.6) is 0 Å². The summed E-state index contributed by atoms with van der Waals surface area (Å²) >= 11 is 0. The first-order chi connectivity index (χ1) is 9.44. The van der Waals surface area contributed by atoms with E-state index < -0.39 is 10.0 Å². The molecule has 0 saturated carbocycles. The number of hydrogen-bond acceptors (Lipinski definition) is 3. The number of aromatic nitrogens is 1. The molecule has 0 spiro atoms. The highest BCUT2D eigenvalue weighted by atomic mass is 32.2. The maximum absolute atomic E-state index is 12.3. The smallest absolute Gasteiger partial charge is 0.242 e. The number of nitrogens with zero attached hydrogens (tertiary/aromatic N) is 1. The molecule has 0 aliphatic heterocycles. The zero-order valence-corrected chi connectivity index (χ0v) is 13.8. The summed E-state index contributed by atoms with van der Waals surface area (Å²) in [6.07, 6.45) is 4.33. The minimum Gasteiger partial charge on any atom is -0.352 e. The van der Waals surface area contributed by atoms with Crippen LogP contribution >= 0.6 is 0 Å². The Morgan fingerprint density at radius 3 is 2.45 bits per heavy atom. The lowest BCUT2D eigenvalue weighted by Crippen LogP contribution is -2.33. The van der Waals surface area contributed by atoms with Crippen LogP contribution in [0.2, 0.25) is 0 Å². The average molecular weight is 301 g/mol. The Bertz CT molecular complexity index is 504. The maximum atomic E-state index is 12.3. The SMILES string of the molecule is CCCNCc1cc(S(=O)(=O)NC(CC)CC)cn1C. The molecule has 116 valence electrons. The first-order valence-corrected chi connectivity index (χ1v) is 8.81. The third kappa shape index (κ3) is 4.61. The molecule has 5 nitrogen and oxygen atoms in total. The molecule has 1 heterocycles. The third-order valence-corrected chi connectivity index (χ3v) is 4.92. The second kappa shape index (κ2) is 7.81. The van der Waals surface area contributed by atoms with Gasteiger partial charge in [-0.3, -0.25) is 0 Å². The van der Waals surface area contributed by atoms with Gasteiger partial charge < -0.3 is 9.88 Å². The van der Waals surface area contributed by atoms with Gasteiger partial charge >= 0.3 is 0 Å². The predicted molar refractivity (Wildman–Crippen MR) is 82.1 cm³/mol. The summed E-state index contributed by atoms with van der Waals surface area (Å²) in [6.45, 7) is 7.70. The molecule has 20 heavy (non-hydrogen) atoms. The number of hydrogen-bond donors (Lipinski definition) is 2. The van der Waals surface area contributed by atoms with Gasteiger partial charge in [-0.25, -0.2) is 13.1 Å². The molecule has 1 aromatic rings. The van der Waals surface area contributed by atoms with Gasteiger partial charge in [-0.1, -0.05) is 20.8 Å². The monoisotopic (exact) mass is 301 g/mol. The normalized spacial score (nSPS) is 12.2. The molecule has 0 fully saturated rings. The van der Waals surface area contributed by atoms with Crippen molar-refractivity contribution < 1.29 is 8.42 Å². The first-order valence-electron chi connectivity index (χ1n) is 7.32. The van der Waals surface area contributed by atoms with Crippen LogP contribution in [0, 0.1) is 0 Å². The van der Waals surface area contributed by atoms with Crippen molar-refractivity contribution >= 4 is 10.0 Å². The third-order valence-electron chi connectivity index (χ3n) is 3.43. The highest BCUT2D eigenvalue weighted by molar-refractivity contribution is 7.89. The van der Waals surface area contributed by atoms with Gasteiger partial charge in [0.1, 0.15) is 0 Å². The Balaban J connectivity index is 2.83. The van der Waals surface area contributed by atoms with Crippen LogP contribution in [0.3, 0.4) is 0 Å². The van der Waals surface area contributed by atoms with Gasteiger partial charge in [0.15, 0.2) is 0 Å². The first kappa shape index (κ1) is 17.2. The molecule has 0 aliphatic carbocycles.